The van der Waals surface area contributed by atoms with Crippen LogP contribution in [-0.4, -0.2) is 49.3 Å². The lowest BCUT2D eigenvalue weighted by Gasteiger charge is -2.28. The maximum Gasteiger partial charge on any atom is 0.251 e. The molecule has 3 amide bonds. The van der Waals surface area contributed by atoms with Crippen LogP contribution >= 0.6 is 0 Å². The lowest BCUT2D eigenvalue weighted by atomic mass is 10.0. The van der Waals surface area contributed by atoms with E-state index >= 15 is 0 Å². The molecule has 1 aliphatic rings. The monoisotopic (exact) mass is 241 g/mol. The van der Waals surface area contributed by atoms with Gasteiger partial charge in [0.1, 0.15) is 6.04 Å². The van der Waals surface area contributed by atoms with E-state index in [4.69, 9.17) is 0 Å². The molecule has 6 heteroatoms. The number of nitrogens with zero attached hydrogens (tertiary/aromatic N) is 1. The van der Waals surface area contributed by atoms with Gasteiger partial charge in [-0.25, -0.2) is 0 Å². The third-order valence-electron chi connectivity index (χ3n) is 2.82. The number of likely N-dealkylation sites (tertiary alicyclic amines) is 1. The van der Waals surface area contributed by atoms with Gasteiger partial charge in [0.05, 0.1) is 0 Å². The molecule has 0 aromatic rings. The van der Waals surface area contributed by atoms with Gasteiger partial charge < -0.3 is 10.6 Å². The van der Waals surface area contributed by atoms with Gasteiger partial charge in [0.2, 0.25) is 11.8 Å². The number of piperidine rings is 1. The van der Waals surface area contributed by atoms with Gasteiger partial charge in [-0.15, -0.1) is 0 Å². The molecule has 0 radical (unpaired) electrons. The third kappa shape index (κ3) is 3.81. The number of carbonyl (C=O) groups excluding carboxylic acids is 3. The fourth-order valence-electron chi connectivity index (χ4n) is 1.74. The van der Waals surface area contributed by atoms with Gasteiger partial charge in [-0.05, 0) is 26.4 Å². The summed E-state index contributed by atoms with van der Waals surface area (Å²) < 4.78 is 0. The number of rotatable bonds is 5. The summed E-state index contributed by atoms with van der Waals surface area (Å²) in [5.74, 6) is -0.639. The number of amides is 3. The smallest absolute Gasteiger partial charge is 0.251 e. The van der Waals surface area contributed by atoms with Crippen molar-refractivity contribution in [2.24, 2.45) is 0 Å². The molecule has 6 nitrogen and oxygen atoms in total. The Bertz CT molecular complexity index is 317. The van der Waals surface area contributed by atoms with E-state index in [2.05, 4.69) is 10.6 Å². The molecule has 1 saturated heterocycles. The molecule has 0 saturated carbocycles. The van der Waals surface area contributed by atoms with Crippen LogP contribution < -0.4 is 10.6 Å². The van der Waals surface area contributed by atoms with Crippen LogP contribution in [0.4, 0.5) is 0 Å². The second-order valence-electron chi connectivity index (χ2n) is 4.16. The van der Waals surface area contributed by atoms with Crippen molar-refractivity contribution in [3.05, 3.63) is 0 Å². The molecule has 1 unspecified atom stereocenters. The molecule has 0 bridgehead atoms. The minimum Gasteiger partial charge on any atom is -0.344 e. The number of hydrogen-bond acceptors (Lipinski definition) is 4. The van der Waals surface area contributed by atoms with Crippen molar-refractivity contribution in [3.8, 4) is 0 Å². The highest BCUT2D eigenvalue weighted by molar-refractivity contribution is 6.01. The Hall–Kier alpha value is -1.43. The first-order valence-electron chi connectivity index (χ1n) is 5.80. The Kier molecular flexibility index (Phi) is 5.09. The normalized spacial score (nSPS) is 20.6. The van der Waals surface area contributed by atoms with E-state index in [9.17, 15) is 14.4 Å². The second kappa shape index (κ2) is 6.34. The topological polar surface area (TPSA) is 78.5 Å². The molecule has 1 heterocycles. The zero-order valence-electron chi connectivity index (χ0n) is 10.3. The molecule has 2 N–H and O–H groups in total. The van der Waals surface area contributed by atoms with Crippen molar-refractivity contribution in [2.45, 2.75) is 31.7 Å². The summed E-state index contributed by atoms with van der Waals surface area (Å²) in [6.45, 7) is 0.768. The van der Waals surface area contributed by atoms with Crippen LogP contribution in [0.1, 0.15) is 25.7 Å². The molecular weight excluding hydrogens is 222 g/mol. The van der Waals surface area contributed by atoms with Crippen molar-refractivity contribution < 1.29 is 14.4 Å². The average Bonchev–Trinajstić information content (AvgIpc) is 2.30. The van der Waals surface area contributed by atoms with E-state index in [0.717, 1.165) is 17.9 Å². The highest BCUT2D eigenvalue weighted by Crippen LogP contribution is 2.11. The van der Waals surface area contributed by atoms with Crippen molar-refractivity contribution in [1.29, 1.82) is 0 Å². The molecule has 0 aromatic heterocycles. The maximum absolute atomic E-state index is 11.7. The van der Waals surface area contributed by atoms with Crippen LogP contribution in [0.25, 0.3) is 0 Å². The summed E-state index contributed by atoms with van der Waals surface area (Å²) in [5.41, 5.74) is 0. The van der Waals surface area contributed by atoms with E-state index in [1.54, 1.807) is 0 Å². The van der Waals surface area contributed by atoms with E-state index in [1.807, 2.05) is 7.05 Å². The van der Waals surface area contributed by atoms with Gasteiger partial charge in [-0.2, -0.15) is 0 Å². The van der Waals surface area contributed by atoms with Gasteiger partial charge in [0.25, 0.3) is 5.91 Å². The molecule has 0 aliphatic carbocycles. The summed E-state index contributed by atoms with van der Waals surface area (Å²) in [6, 6.07) is -0.542. The molecule has 0 spiro atoms. The van der Waals surface area contributed by atoms with Crippen LogP contribution in [0.5, 0.6) is 0 Å². The minimum absolute atomic E-state index is 0.138. The van der Waals surface area contributed by atoms with Gasteiger partial charge in [0.15, 0.2) is 0 Å². The fraction of sp³-hybridized carbons (Fsp3) is 0.727. The fourth-order valence-corrected chi connectivity index (χ4v) is 1.74. The first kappa shape index (κ1) is 13.6. The van der Waals surface area contributed by atoms with E-state index in [1.165, 1.54) is 7.05 Å². The minimum atomic E-state index is -0.542. The number of carbonyl (C=O) groups is 3. The first-order chi connectivity index (χ1) is 8.06. The Morgan fingerprint density at radius 2 is 2.18 bits per heavy atom. The summed E-state index contributed by atoms with van der Waals surface area (Å²) in [5, 5.41) is 5.62. The van der Waals surface area contributed by atoms with E-state index in [-0.39, 0.29) is 17.7 Å². The summed E-state index contributed by atoms with van der Waals surface area (Å²) >= 11 is 0. The Morgan fingerprint density at radius 1 is 1.47 bits per heavy atom. The van der Waals surface area contributed by atoms with Crippen LogP contribution in [0.15, 0.2) is 0 Å². The highest BCUT2D eigenvalue weighted by Gasteiger charge is 2.32. The van der Waals surface area contributed by atoms with Crippen molar-refractivity contribution in [2.75, 3.05) is 20.6 Å². The lowest BCUT2D eigenvalue weighted by molar-refractivity contribution is -0.149. The standard InChI is InChI=1S/C11H19N3O3/c1-12-7-3-4-9(15)13-8-5-6-10(16)14(2)11(8)17/h8,12H,3-7H2,1-2H3,(H,13,15). The van der Waals surface area contributed by atoms with Crippen LogP contribution in [-0.2, 0) is 14.4 Å². The molecule has 96 valence electrons. The van der Waals surface area contributed by atoms with Crippen molar-refractivity contribution in [3.63, 3.8) is 0 Å². The zero-order chi connectivity index (χ0) is 12.8. The SMILES string of the molecule is CNCCCC(=O)NC1CCC(=O)N(C)C1=O. The molecule has 1 aliphatic heterocycles. The molecular formula is C11H19N3O3. The van der Waals surface area contributed by atoms with E-state index < -0.39 is 6.04 Å². The van der Waals surface area contributed by atoms with E-state index in [0.29, 0.717) is 19.3 Å². The second-order valence-corrected chi connectivity index (χ2v) is 4.16. The van der Waals surface area contributed by atoms with Crippen molar-refractivity contribution >= 4 is 17.7 Å². The summed E-state index contributed by atoms with van der Waals surface area (Å²) in [6.07, 6.45) is 1.84. The number of imide groups is 1. The van der Waals surface area contributed by atoms with Crippen molar-refractivity contribution in [1.82, 2.24) is 15.5 Å². The molecule has 1 fully saturated rings. The zero-order valence-corrected chi connectivity index (χ0v) is 10.3. The van der Waals surface area contributed by atoms with Gasteiger partial charge in [-0.1, -0.05) is 0 Å². The summed E-state index contributed by atoms with van der Waals surface area (Å²) in [4.78, 5) is 35.5. The Morgan fingerprint density at radius 3 is 2.82 bits per heavy atom. The molecule has 1 rings (SSSR count). The number of nitrogens with one attached hydrogen (secondary N) is 2. The average molecular weight is 241 g/mol. The Balaban J connectivity index is 2.38. The Labute approximate surface area is 101 Å². The maximum atomic E-state index is 11.7. The number of hydrogen-bond donors (Lipinski definition) is 2. The van der Waals surface area contributed by atoms with Gasteiger partial charge >= 0.3 is 0 Å². The quantitative estimate of drug-likeness (QED) is 0.490. The third-order valence-corrected chi connectivity index (χ3v) is 2.82. The molecule has 1 atom stereocenters. The lowest BCUT2D eigenvalue weighted by Crippen LogP contribution is -2.52. The van der Waals surface area contributed by atoms with Gasteiger partial charge in [-0.3, -0.25) is 19.3 Å². The summed E-state index contributed by atoms with van der Waals surface area (Å²) in [7, 11) is 3.27. The van der Waals surface area contributed by atoms with Crippen LogP contribution in [0.3, 0.4) is 0 Å². The van der Waals surface area contributed by atoms with Crippen LogP contribution in [0, 0.1) is 0 Å². The van der Waals surface area contributed by atoms with Gasteiger partial charge in [0, 0.05) is 19.9 Å². The molecule has 0 aromatic carbocycles. The van der Waals surface area contributed by atoms with Crippen LogP contribution in [0.2, 0.25) is 0 Å². The number of likely N-dealkylation sites (N-methyl/N-ethyl adjacent to an activating group) is 1. The predicted molar refractivity (Wildman–Crippen MR) is 62.1 cm³/mol. The highest BCUT2D eigenvalue weighted by atomic mass is 16.2. The first-order valence-corrected chi connectivity index (χ1v) is 5.80. The largest absolute Gasteiger partial charge is 0.344 e. The molecule has 17 heavy (non-hydrogen) atoms. The predicted octanol–water partition coefficient (Wildman–Crippen LogP) is -0.750.